The predicted octanol–water partition coefficient (Wildman–Crippen LogP) is 16.0. The molecule has 4 unspecified atom stereocenters. The molecule has 4 aromatic rings. The lowest BCUT2D eigenvalue weighted by Crippen LogP contribution is -2.39. The van der Waals surface area contributed by atoms with Crippen molar-refractivity contribution in [3.63, 3.8) is 0 Å². The van der Waals surface area contributed by atoms with Crippen LogP contribution in [0.1, 0.15) is 196 Å². The van der Waals surface area contributed by atoms with Gasteiger partial charge >= 0.3 is 0 Å². The van der Waals surface area contributed by atoms with E-state index in [2.05, 4.69) is 232 Å². The maximum absolute atomic E-state index is 8.82. The average molecular weight is 972 g/mol. The predicted molar refractivity (Wildman–Crippen MR) is 316 cm³/mol. The first-order chi connectivity index (χ1) is 32.2. The number of quaternary nitrogens is 1. The monoisotopic (exact) mass is 971 g/mol. The van der Waals surface area contributed by atoms with Crippen molar-refractivity contribution < 1.29 is 15.1 Å². The first kappa shape index (κ1) is 72.8. The Labute approximate surface area is 436 Å². The van der Waals surface area contributed by atoms with Crippen LogP contribution in [-0.4, -0.2) is 98.7 Å². The molecular weight excluding hydrogens is 857 g/mol. The summed E-state index contributed by atoms with van der Waals surface area (Å²) in [5.41, 5.74) is 11.0. The lowest BCUT2D eigenvalue weighted by molar-refractivity contribution is -0.903. The zero-order chi connectivity index (χ0) is 52.1. The Morgan fingerprint density at radius 3 is 1.03 bits per heavy atom. The molecule has 3 N–H and O–H groups in total. The molecule has 0 saturated carbocycles. The van der Waals surface area contributed by atoms with Gasteiger partial charge in [-0.25, -0.2) is 0 Å². The molecule has 0 radical (unpaired) electrons. The maximum atomic E-state index is 8.82. The van der Waals surface area contributed by atoms with Crippen molar-refractivity contribution in [2.24, 2.45) is 0 Å². The van der Waals surface area contributed by atoms with Crippen molar-refractivity contribution in [2.75, 3.05) is 69.0 Å². The van der Waals surface area contributed by atoms with Gasteiger partial charge in [-0.15, -0.1) is 6.58 Å². The third-order valence-corrected chi connectivity index (χ3v) is 12.5. The van der Waals surface area contributed by atoms with Crippen LogP contribution in [-0.2, 0) is 26.2 Å². The maximum Gasteiger partial charge on any atom is 0.104 e. The van der Waals surface area contributed by atoms with E-state index in [0.717, 1.165) is 29.7 Å². The van der Waals surface area contributed by atoms with E-state index >= 15 is 0 Å². The van der Waals surface area contributed by atoms with Crippen LogP contribution in [0.25, 0.3) is 0 Å². The molecule has 0 amide bonds. The standard InChI is InChI=1S/C16H28N.C15H25N.C13H21N.C11H16O.C5H13N.C3H6.CH3.H2O/c1-6-12-17(4,5)13-15-8-10-16(11-9-15)14(3)7-2;1-5-11-16(4)12-14-7-9-15(10-8-14)13(3)6-2;1-5-11(2)13-8-6-12(7-9-13)10-14(3)4;1-3-9(2)11-6-4-10(8-12)5-7-11;1-4-5-6(2)3;1-3-2;;/h8-11,14H,6-7,12-13H2,1-5H3;7-10,13H,5-6,11-12H2,1-4H3;6-9,11H,5,10H2,1-4H3;4-7,9,12H,3,8H2,1-2H3;4-5H2,1-3H3;3H,1H2,2H3;1H3;1H2/q+1;;;;;;+1;. The number of hydrogen-bond donors (Lipinski definition) is 1. The van der Waals surface area contributed by atoms with Crippen molar-refractivity contribution >= 4 is 0 Å². The summed E-state index contributed by atoms with van der Waals surface area (Å²) in [6.07, 6.45) is 10.3. The van der Waals surface area contributed by atoms with E-state index < -0.39 is 0 Å². The third-order valence-electron chi connectivity index (χ3n) is 12.5. The van der Waals surface area contributed by atoms with E-state index in [0.29, 0.717) is 23.7 Å². The number of allylic oxidation sites excluding steroid dienone is 1. The van der Waals surface area contributed by atoms with E-state index in [-0.39, 0.29) is 19.5 Å². The van der Waals surface area contributed by atoms with Crippen LogP contribution in [0.5, 0.6) is 0 Å². The molecule has 0 heterocycles. The highest BCUT2D eigenvalue weighted by molar-refractivity contribution is 5.27. The molecule has 0 bridgehead atoms. The molecule has 0 spiro atoms. The van der Waals surface area contributed by atoms with Crippen LogP contribution in [0.3, 0.4) is 0 Å². The van der Waals surface area contributed by atoms with Crippen molar-refractivity contribution in [1.82, 2.24) is 14.7 Å². The molecule has 4 aromatic carbocycles. The summed E-state index contributed by atoms with van der Waals surface area (Å²) in [5.74, 6) is 2.67. The topological polar surface area (TPSA) is 61.5 Å². The van der Waals surface area contributed by atoms with E-state index in [1.165, 1.54) is 104 Å². The second-order valence-corrected chi connectivity index (χ2v) is 20.4. The minimum Gasteiger partial charge on any atom is -0.412 e. The van der Waals surface area contributed by atoms with Crippen LogP contribution in [0.4, 0.5) is 0 Å². The molecule has 4 rings (SSSR count). The molecule has 6 nitrogen and oxygen atoms in total. The third kappa shape index (κ3) is 35.4. The summed E-state index contributed by atoms with van der Waals surface area (Å²) in [6, 6.07) is 35.5. The normalized spacial score (nSPS) is 12.2. The molecule has 0 saturated heterocycles. The highest BCUT2D eigenvalue weighted by atomic mass is 16.3. The van der Waals surface area contributed by atoms with Gasteiger partial charge in [0.05, 0.1) is 27.2 Å². The first-order valence-electron chi connectivity index (χ1n) is 26.6. The zero-order valence-corrected chi connectivity index (χ0v) is 49.5. The fourth-order valence-electron chi connectivity index (χ4n) is 7.51. The molecule has 400 valence electrons. The van der Waals surface area contributed by atoms with Gasteiger partial charge in [0.1, 0.15) is 6.54 Å². The number of hydrogen-bond acceptors (Lipinski definition) is 4. The Bertz CT molecular complexity index is 1730. The lowest BCUT2D eigenvalue weighted by Gasteiger charge is -2.29. The highest BCUT2D eigenvalue weighted by Crippen LogP contribution is 2.22. The molecule has 0 aliphatic rings. The molecule has 6 heteroatoms. The van der Waals surface area contributed by atoms with Crippen LogP contribution in [0.2, 0.25) is 0 Å². The first-order valence-corrected chi connectivity index (χ1v) is 26.6. The van der Waals surface area contributed by atoms with Gasteiger partial charge < -0.3 is 29.8 Å². The van der Waals surface area contributed by atoms with Gasteiger partial charge in [0, 0.05) is 26.1 Å². The van der Waals surface area contributed by atoms with Gasteiger partial charge in [0.15, 0.2) is 0 Å². The van der Waals surface area contributed by atoms with Gasteiger partial charge in [-0.1, -0.05) is 179 Å². The fourth-order valence-corrected chi connectivity index (χ4v) is 7.51. The minimum absolute atomic E-state index is 0. The number of benzene rings is 4. The molecular formula is C64H114N4O2+2. The number of aliphatic hydroxyl groups is 1. The Balaban J connectivity index is -0.000000390. The Morgan fingerprint density at radius 1 is 0.486 bits per heavy atom. The summed E-state index contributed by atoms with van der Waals surface area (Å²) >= 11 is 0. The van der Waals surface area contributed by atoms with Crippen molar-refractivity contribution in [3.8, 4) is 0 Å². The summed E-state index contributed by atoms with van der Waals surface area (Å²) in [7, 11) is 15.2. The smallest absolute Gasteiger partial charge is 0.104 e. The molecule has 0 fully saturated rings. The van der Waals surface area contributed by atoms with Crippen LogP contribution in [0, 0.1) is 7.43 Å². The number of nitrogens with zero attached hydrogens (tertiary/aromatic N) is 4. The second-order valence-electron chi connectivity index (χ2n) is 20.4. The number of aliphatic hydroxyl groups excluding tert-OH is 1. The average Bonchev–Trinajstić information content (AvgIpc) is 3.32. The summed E-state index contributed by atoms with van der Waals surface area (Å²) in [5, 5.41) is 8.82. The summed E-state index contributed by atoms with van der Waals surface area (Å²) in [6.45, 7) is 36.9. The van der Waals surface area contributed by atoms with E-state index in [1.54, 1.807) is 6.08 Å². The van der Waals surface area contributed by atoms with Crippen molar-refractivity contribution in [2.45, 2.75) is 178 Å². The Morgan fingerprint density at radius 2 is 0.786 bits per heavy atom. The minimum atomic E-state index is 0. The van der Waals surface area contributed by atoms with Gasteiger partial charge in [-0.2, -0.15) is 0 Å². The van der Waals surface area contributed by atoms with Gasteiger partial charge in [0.25, 0.3) is 0 Å². The SMILES string of the molecule is C=CC.CCC(C)c1ccc(CN(C)C)cc1.CCC(C)c1ccc(CO)cc1.CCCN(C)C.CCCN(C)Cc1ccc(C(C)CC)cc1.CCC[N+](C)(C)Cc1ccc(C(C)CC)cc1.O.[CH3+]. The highest BCUT2D eigenvalue weighted by Gasteiger charge is 2.14. The van der Waals surface area contributed by atoms with Gasteiger partial charge in [-0.05, 0) is 163 Å². The Kier molecular flexibility index (Phi) is 45.7. The zero-order valence-electron chi connectivity index (χ0n) is 49.5. The second kappa shape index (κ2) is 44.0. The largest absolute Gasteiger partial charge is 0.412 e. The molecule has 0 aromatic heterocycles. The van der Waals surface area contributed by atoms with E-state index in [1.807, 2.05) is 19.1 Å². The van der Waals surface area contributed by atoms with Gasteiger partial charge in [0.2, 0.25) is 0 Å². The lowest BCUT2D eigenvalue weighted by atomic mass is 9.97. The van der Waals surface area contributed by atoms with Gasteiger partial charge in [-0.3, -0.25) is 0 Å². The molecule has 0 aliphatic carbocycles. The van der Waals surface area contributed by atoms with Crippen molar-refractivity contribution in [1.29, 1.82) is 0 Å². The van der Waals surface area contributed by atoms with Crippen molar-refractivity contribution in [3.05, 3.63) is 162 Å². The Hall–Kier alpha value is -3.75. The summed E-state index contributed by atoms with van der Waals surface area (Å²) < 4.78 is 1.08. The molecule has 70 heavy (non-hydrogen) atoms. The van der Waals surface area contributed by atoms with Crippen LogP contribution >= 0.6 is 0 Å². The quantitative estimate of drug-likeness (QED) is 0.0513. The molecule has 0 aliphatic heterocycles. The van der Waals surface area contributed by atoms with Crippen LogP contribution < -0.4 is 0 Å². The molecule has 4 atom stereocenters. The number of rotatable bonds is 21. The van der Waals surface area contributed by atoms with Crippen LogP contribution in [0.15, 0.2) is 110 Å². The fraction of sp³-hybridized carbons (Fsp3) is 0.578. The summed E-state index contributed by atoms with van der Waals surface area (Å²) in [4.78, 5) is 6.75. The van der Waals surface area contributed by atoms with E-state index in [9.17, 15) is 0 Å². The van der Waals surface area contributed by atoms with E-state index in [4.69, 9.17) is 5.11 Å².